The average Bonchev–Trinajstić information content (AvgIpc) is 2.53. The minimum Gasteiger partial charge on any atom is -0.482 e. The van der Waals surface area contributed by atoms with Crippen LogP contribution in [0.2, 0.25) is 0 Å². The molecule has 1 aliphatic rings. The van der Waals surface area contributed by atoms with Gasteiger partial charge in [0.15, 0.2) is 6.61 Å². The molecule has 1 heterocycles. The zero-order chi connectivity index (χ0) is 17.3. The molecule has 0 unspecified atom stereocenters. The van der Waals surface area contributed by atoms with E-state index in [-0.39, 0.29) is 19.1 Å². The van der Waals surface area contributed by atoms with Crippen LogP contribution in [-0.2, 0) is 9.59 Å². The number of rotatable bonds is 3. The van der Waals surface area contributed by atoms with Crippen molar-refractivity contribution in [1.29, 1.82) is 0 Å². The van der Waals surface area contributed by atoms with Crippen molar-refractivity contribution in [3.8, 4) is 11.5 Å². The molecule has 0 aliphatic carbocycles. The lowest BCUT2D eigenvalue weighted by Crippen LogP contribution is -2.43. The Morgan fingerprint density at radius 2 is 2.04 bits per heavy atom. The predicted molar refractivity (Wildman–Crippen MR) is 93.5 cm³/mol. The average molecular weight is 390 g/mol. The molecular formula is C18H16BrNO4. The van der Waals surface area contributed by atoms with Gasteiger partial charge in [0.2, 0.25) is 0 Å². The topological polar surface area (TPSA) is 55.8 Å². The summed E-state index contributed by atoms with van der Waals surface area (Å²) in [6, 6.07) is 10.9. The van der Waals surface area contributed by atoms with Gasteiger partial charge in [0.25, 0.3) is 5.91 Å². The van der Waals surface area contributed by atoms with E-state index >= 15 is 0 Å². The van der Waals surface area contributed by atoms with Gasteiger partial charge in [-0.25, -0.2) is 4.79 Å². The van der Waals surface area contributed by atoms with Crippen LogP contribution in [0.5, 0.6) is 11.5 Å². The summed E-state index contributed by atoms with van der Waals surface area (Å²) in [7, 11) is 0. The van der Waals surface area contributed by atoms with Gasteiger partial charge in [-0.2, -0.15) is 0 Å². The Labute approximate surface area is 148 Å². The number of nitrogens with zero attached hydrogens (tertiary/aromatic N) is 1. The quantitative estimate of drug-likeness (QED) is 0.596. The molecule has 6 heteroatoms. The molecule has 0 spiro atoms. The van der Waals surface area contributed by atoms with Crippen LogP contribution in [0, 0.1) is 13.8 Å². The summed E-state index contributed by atoms with van der Waals surface area (Å²) in [5.74, 6) is 0.291. The summed E-state index contributed by atoms with van der Waals surface area (Å²) >= 11 is 3.36. The summed E-state index contributed by atoms with van der Waals surface area (Å²) in [6.07, 6.45) is 0. The van der Waals surface area contributed by atoms with E-state index in [1.165, 1.54) is 4.90 Å². The largest absolute Gasteiger partial charge is 0.482 e. The summed E-state index contributed by atoms with van der Waals surface area (Å²) in [6.45, 7) is 3.59. The van der Waals surface area contributed by atoms with Crippen molar-refractivity contribution in [2.45, 2.75) is 13.8 Å². The molecule has 2 aromatic rings. The minimum atomic E-state index is -0.494. The second kappa shape index (κ2) is 6.65. The smallest absolute Gasteiger partial charge is 0.331 e. The lowest BCUT2D eigenvalue weighted by Gasteiger charge is -2.28. The van der Waals surface area contributed by atoms with Crippen LogP contribution in [0.15, 0.2) is 40.9 Å². The Balaban J connectivity index is 1.78. The van der Waals surface area contributed by atoms with Gasteiger partial charge < -0.3 is 9.47 Å². The Morgan fingerprint density at radius 3 is 2.79 bits per heavy atom. The van der Waals surface area contributed by atoms with E-state index in [1.807, 2.05) is 26.0 Å². The number of benzene rings is 2. The van der Waals surface area contributed by atoms with Gasteiger partial charge in [0.05, 0.1) is 5.69 Å². The fourth-order valence-corrected chi connectivity index (χ4v) is 2.89. The van der Waals surface area contributed by atoms with Crippen molar-refractivity contribution in [2.24, 2.45) is 0 Å². The van der Waals surface area contributed by atoms with Crippen LogP contribution in [0.25, 0.3) is 0 Å². The normalized spacial score (nSPS) is 13.3. The van der Waals surface area contributed by atoms with E-state index in [0.29, 0.717) is 17.2 Å². The van der Waals surface area contributed by atoms with E-state index in [2.05, 4.69) is 15.9 Å². The van der Waals surface area contributed by atoms with Gasteiger partial charge in [-0.1, -0.05) is 33.6 Å². The molecule has 0 fully saturated rings. The first-order valence-corrected chi connectivity index (χ1v) is 8.24. The van der Waals surface area contributed by atoms with Crippen LogP contribution in [-0.4, -0.2) is 25.0 Å². The lowest BCUT2D eigenvalue weighted by molar-refractivity contribution is -0.134. The third kappa shape index (κ3) is 3.43. The monoisotopic (exact) mass is 389 g/mol. The van der Waals surface area contributed by atoms with Crippen molar-refractivity contribution in [3.05, 3.63) is 52.0 Å². The van der Waals surface area contributed by atoms with Crippen LogP contribution < -0.4 is 14.4 Å². The number of aryl methyl sites for hydroxylation is 2. The standard InChI is InChI=1S/C18H16BrNO4/c1-11-3-6-15(12(2)7-11)24-18(22)9-20-14-5-4-13(19)8-16(14)23-10-17(20)21/h3-8H,9-10H2,1-2H3. The molecule has 3 rings (SSSR count). The van der Waals surface area contributed by atoms with E-state index in [1.54, 1.807) is 24.3 Å². The number of carbonyl (C=O) groups is 2. The second-order valence-corrected chi connectivity index (χ2v) is 6.54. The summed E-state index contributed by atoms with van der Waals surface area (Å²) in [4.78, 5) is 25.8. The number of hydrogen-bond donors (Lipinski definition) is 0. The Morgan fingerprint density at radius 1 is 1.25 bits per heavy atom. The number of amides is 1. The fraction of sp³-hybridized carbons (Fsp3) is 0.222. The molecule has 0 atom stereocenters. The van der Waals surface area contributed by atoms with Crippen LogP contribution >= 0.6 is 15.9 Å². The highest BCUT2D eigenvalue weighted by Gasteiger charge is 2.28. The highest BCUT2D eigenvalue weighted by atomic mass is 79.9. The zero-order valence-corrected chi connectivity index (χ0v) is 14.9. The highest BCUT2D eigenvalue weighted by molar-refractivity contribution is 9.10. The predicted octanol–water partition coefficient (Wildman–Crippen LogP) is 3.40. The Hall–Kier alpha value is -2.34. The van der Waals surface area contributed by atoms with Gasteiger partial charge in [0.1, 0.15) is 18.0 Å². The van der Waals surface area contributed by atoms with Crippen LogP contribution in [0.4, 0.5) is 5.69 Å². The first-order valence-electron chi connectivity index (χ1n) is 7.44. The van der Waals surface area contributed by atoms with Crippen LogP contribution in [0.1, 0.15) is 11.1 Å². The number of fused-ring (bicyclic) bond motifs is 1. The molecule has 1 amide bonds. The molecule has 2 aromatic carbocycles. The zero-order valence-electron chi connectivity index (χ0n) is 13.3. The summed E-state index contributed by atoms with van der Waals surface area (Å²) in [5, 5.41) is 0. The summed E-state index contributed by atoms with van der Waals surface area (Å²) in [5.41, 5.74) is 2.53. The van der Waals surface area contributed by atoms with E-state index in [0.717, 1.165) is 15.6 Å². The number of esters is 1. The minimum absolute atomic E-state index is 0.0969. The van der Waals surface area contributed by atoms with Crippen LogP contribution in [0.3, 0.4) is 0 Å². The number of carbonyl (C=O) groups excluding carboxylic acids is 2. The van der Waals surface area contributed by atoms with Crippen molar-refractivity contribution >= 4 is 33.5 Å². The van der Waals surface area contributed by atoms with Gasteiger partial charge in [-0.3, -0.25) is 9.69 Å². The molecule has 0 saturated heterocycles. The van der Waals surface area contributed by atoms with Gasteiger partial charge >= 0.3 is 5.97 Å². The molecular weight excluding hydrogens is 374 g/mol. The molecule has 0 N–H and O–H groups in total. The first-order chi connectivity index (χ1) is 11.4. The van der Waals surface area contributed by atoms with E-state index in [4.69, 9.17) is 9.47 Å². The molecule has 124 valence electrons. The maximum atomic E-state index is 12.3. The van der Waals surface area contributed by atoms with Crippen molar-refractivity contribution in [2.75, 3.05) is 18.1 Å². The maximum absolute atomic E-state index is 12.3. The van der Waals surface area contributed by atoms with Crippen molar-refractivity contribution in [1.82, 2.24) is 0 Å². The first kappa shape index (κ1) is 16.5. The van der Waals surface area contributed by atoms with Crippen molar-refractivity contribution < 1.29 is 19.1 Å². The Bertz CT molecular complexity index is 819. The SMILES string of the molecule is Cc1ccc(OC(=O)CN2C(=O)COc3cc(Br)ccc32)c(C)c1. The molecule has 0 bridgehead atoms. The molecule has 1 aliphatic heterocycles. The molecule has 0 saturated carbocycles. The van der Waals surface area contributed by atoms with Crippen molar-refractivity contribution in [3.63, 3.8) is 0 Å². The highest BCUT2D eigenvalue weighted by Crippen LogP contribution is 2.34. The number of anilines is 1. The molecule has 24 heavy (non-hydrogen) atoms. The number of ether oxygens (including phenoxy) is 2. The third-order valence-electron chi connectivity index (χ3n) is 3.71. The Kier molecular flexibility index (Phi) is 4.57. The van der Waals surface area contributed by atoms with E-state index in [9.17, 15) is 9.59 Å². The second-order valence-electron chi connectivity index (χ2n) is 5.62. The number of hydrogen-bond acceptors (Lipinski definition) is 4. The molecule has 5 nitrogen and oxygen atoms in total. The lowest BCUT2D eigenvalue weighted by atomic mass is 10.1. The maximum Gasteiger partial charge on any atom is 0.331 e. The van der Waals surface area contributed by atoms with E-state index < -0.39 is 5.97 Å². The van der Waals surface area contributed by atoms with Gasteiger partial charge in [-0.05, 0) is 43.7 Å². The summed E-state index contributed by atoms with van der Waals surface area (Å²) < 4.78 is 11.7. The molecule has 0 radical (unpaired) electrons. The fourth-order valence-electron chi connectivity index (χ4n) is 2.55. The van der Waals surface area contributed by atoms with Gasteiger partial charge in [-0.15, -0.1) is 0 Å². The molecule has 0 aromatic heterocycles. The van der Waals surface area contributed by atoms with Gasteiger partial charge in [0, 0.05) is 4.47 Å². The third-order valence-corrected chi connectivity index (χ3v) is 4.20. The number of halogens is 1.